The van der Waals surface area contributed by atoms with Crippen LogP contribution in [0.1, 0.15) is 39.2 Å². The van der Waals surface area contributed by atoms with Crippen molar-refractivity contribution in [3.05, 3.63) is 58.4 Å². The van der Waals surface area contributed by atoms with E-state index in [1.807, 2.05) is 49.9 Å². The number of rotatable bonds is 3. The fourth-order valence-electron chi connectivity index (χ4n) is 3.91. The maximum absolute atomic E-state index is 12.2. The molecule has 1 saturated heterocycles. The van der Waals surface area contributed by atoms with E-state index in [9.17, 15) is 9.59 Å². The third-order valence-electron chi connectivity index (χ3n) is 5.45. The maximum atomic E-state index is 12.2. The Hall–Kier alpha value is -2.65. The Morgan fingerprint density at radius 1 is 1.06 bits per heavy atom. The summed E-state index contributed by atoms with van der Waals surface area (Å²) in [5, 5.41) is 1.98. The van der Waals surface area contributed by atoms with E-state index < -0.39 is 0 Å². The average Bonchev–Trinajstić information content (AvgIpc) is 2.75. The van der Waals surface area contributed by atoms with Gasteiger partial charge in [-0.1, -0.05) is 32.0 Å². The van der Waals surface area contributed by atoms with Crippen LogP contribution in [-0.4, -0.2) is 30.0 Å². The molecular formula is C25H30NO4P. The number of nitrogens with zero attached hydrogens (tertiary/aromatic N) is 1. The number of amides is 1. The van der Waals surface area contributed by atoms with Crippen LogP contribution in [0.15, 0.2) is 51.7 Å². The molecule has 0 aliphatic carbocycles. The minimum Gasteiger partial charge on any atom is -0.490 e. The standard InChI is InChI=1S/C23H24NO4P.C2H6/c1-14-11-18(29)4-6-19(14)21-13-23(26)28-22-12-17(3-5-20(21)22)27-16-7-9-24(10-8-16)15(2)25;1-2/h3-6,11-13,16H,7-10,29H2,1-2H3;1-2H3. The quantitative estimate of drug-likeness (QED) is 0.439. The van der Waals surface area contributed by atoms with Crippen LogP contribution >= 0.6 is 9.24 Å². The summed E-state index contributed by atoms with van der Waals surface area (Å²) in [6, 6.07) is 13.3. The molecule has 1 unspecified atom stereocenters. The largest absolute Gasteiger partial charge is 0.490 e. The van der Waals surface area contributed by atoms with E-state index in [1.165, 1.54) is 0 Å². The minimum absolute atomic E-state index is 0.0507. The van der Waals surface area contributed by atoms with Crippen LogP contribution in [0, 0.1) is 6.92 Å². The Morgan fingerprint density at radius 2 is 1.77 bits per heavy atom. The van der Waals surface area contributed by atoms with Gasteiger partial charge in [0.1, 0.15) is 17.4 Å². The third-order valence-corrected chi connectivity index (χ3v) is 5.81. The summed E-state index contributed by atoms with van der Waals surface area (Å²) in [7, 11) is 2.69. The topological polar surface area (TPSA) is 59.8 Å². The summed E-state index contributed by atoms with van der Waals surface area (Å²) >= 11 is 0. The molecule has 1 aromatic heterocycles. The molecule has 1 aliphatic heterocycles. The van der Waals surface area contributed by atoms with Gasteiger partial charge < -0.3 is 14.1 Å². The first kappa shape index (κ1) is 23.0. The van der Waals surface area contributed by atoms with Crippen molar-refractivity contribution in [2.75, 3.05) is 13.1 Å². The summed E-state index contributed by atoms with van der Waals surface area (Å²) in [5.74, 6) is 0.782. The number of ether oxygens (including phenoxy) is 1. The zero-order valence-electron chi connectivity index (χ0n) is 18.6. The lowest BCUT2D eigenvalue weighted by molar-refractivity contribution is -0.130. The van der Waals surface area contributed by atoms with Crippen LogP contribution < -0.4 is 15.7 Å². The molecule has 1 aliphatic rings. The number of hydrogen-bond acceptors (Lipinski definition) is 4. The van der Waals surface area contributed by atoms with Crippen molar-refractivity contribution in [3.8, 4) is 16.9 Å². The Bertz CT molecular complexity index is 1130. The number of hydrogen-bond donors (Lipinski definition) is 0. The first-order valence-corrected chi connectivity index (χ1v) is 11.3. The molecule has 3 aromatic rings. The molecule has 164 valence electrons. The van der Waals surface area contributed by atoms with E-state index in [4.69, 9.17) is 9.15 Å². The maximum Gasteiger partial charge on any atom is 0.336 e. The number of carbonyl (C=O) groups is 1. The lowest BCUT2D eigenvalue weighted by Gasteiger charge is -2.31. The Balaban J connectivity index is 0.00000132. The van der Waals surface area contributed by atoms with Crippen molar-refractivity contribution < 1.29 is 13.9 Å². The van der Waals surface area contributed by atoms with Crippen molar-refractivity contribution in [2.45, 2.75) is 46.6 Å². The second-order valence-electron chi connectivity index (χ2n) is 7.53. The van der Waals surface area contributed by atoms with Gasteiger partial charge in [-0.2, -0.15) is 0 Å². The van der Waals surface area contributed by atoms with Gasteiger partial charge in [-0.05, 0) is 35.5 Å². The van der Waals surface area contributed by atoms with Crippen molar-refractivity contribution >= 4 is 31.4 Å². The molecule has 0 radical (unpaired) electrons. The number of aryl methyl sites for hydroxylation is 1. The van der Waals surface area contributed by atoms with Crippen LogP contribution in [0.5, 0.6) is 5.75 Å². The zero-order chi connectivity index (χ0) is 22.5. The Kier molecular flexibility index (Phi) is 7.50. The summed E-state index contributed by atoms with van der Waals surface area (Å²) in [4.78, 5) is 25.5. The normalized spacial score (nSPS) is 14.2. The van der Waals surface area contributed by atoms with E-state index >= 15 is 0 Å². The second-order valence-corrected chi connectivity index (χ2v) is 8.20. The molecule has 6 heteroatoms. The van der Waals surface area contributed by atoms with Crippen molar-refractivity contribution in [3.63, 3.8) is 0 Å². The number of fused-ring (bicyclic) bond motifs is 1. The molecule has 5 nitrogen and oxygen atoms in total. The molecule has 1 atom stereocenters. The Morgan fingerprint density at radius 3 is 2.42 bits per heavy atom. The van der Waals surface area contributed by atoms with Crippen molar-refractivity contribution in [1.29, 1.82) is 0 Å². The van der Waals surface area contributed by atoms with E-state index in [2.05, 4.69) is 15.3 Å². The van der Waals surface area contributed by atoms with Gasteiger partial charge in [0.25, 0.3) is 0 Å². The fourth-order valence-corrected chi connectivity index (χ4v) is 4.26. The summed E-state index contributed by atoms with van der Waals surface area (Å²) in [6.45, 7) is 9.04. The van der Waals surface area contributed by atoms with E-state index in [1.54, 1.807) is 19.1 Å². The number of carbonyl (C=O) groups excluding carboxylic acids is 1. The SMILES string of the molecule is CC.CC(=O)N1CCC(Oc2ccc3c(-c4ccc(P)cc4C)cc(=O)oc3c2)CC1. The van der Waals surface area contributed by atoms with Crippen LogP contribution in [-0.2, 0) is 4.79 Å². The molecule has 0 spiro atoms. The molecular weight excluding hydrogens is 409 g/mol. The van der Waals surface area contributed by atoms with Gasteiger partial charge in [0, 0.05) is 55.9 Å². The van der Waals surface area contributed by atoms with Gasteiger partial charge in [-0.3, -0.25) is 4.79 Å². The lowest BCUT2D eigenvalue weighted by atomic mass is 9.98. The molecule has 1 fully saturated rings. The first-order valence-electron chi connectivity index (χ1n) is 10.8. The van der Waals surface area contributed by atoms with Crippen LogP contribution in [0.2, 0.25) is 0 Å². The van der Waals surface area contributed by atoms with E-state index in [0.717, 1.165) is 40.2 Å². The van der Waals surface area contributed by atoms with Gasteiger partial charge >= 0.3 is 5.63 Å². The summed E-state index contributed by atoms with van der Waals surface area (Å²) in [5.41, 5.74) is 3.11. The van der Waals surface area contributed by atoms with Gasteiger partial charge in [0.05, 0.1) is 0 Å². The van der Waals surface area contributed by atoms with E-state index in [-0.39, 0.29) is 17.6 Å². The van der Waals surface area contributed by atoms with Crippen LogP contribution in [0.25, 0.3) is 22.1 Å². The van der Waals surface area contributed by atoms with Gasteiger partial charge in [-0.15, -0.1) is 9.24 Å². The highest BCUT2D eigenvalue weighted by Crippen LogP contribution is 2.32. The molecule has 1 amide bonds. The highest BCUT2D eigenvalue weighted by atomic mass is 31.0. The Labute approximate surface area is 185 Å². The highest BCUT2D eigenvalue weighted by molar-refractivity contribution is 7.27. The second kappa shape index (κ2) is 10.1. The van der Waals surface area contributed by atoms with E-state index in [0.29, 0.717) is 24.4 Å². The molecule has 0 N–H and O–H groups in total. The molecule has 2 heterocycles. The van der Waals surface area contributed by atoms with Gasteiger partial charge in [-0.25, -0.2) is 4.79 Å². The number of benzene rings is 2. The predicted octanol–water partition coefficient (Wildman–Crippen LogP) is 4.68. The van der Waals surface area contributed by atoms with Crippen LogP contribution in [0.4, 0.5) is 0 Å². The van der Waals surface area contributed by atoms with Gasteiger partial charge in [0.15, 0.2) is 0 Å². The highest BCUT2D eigenvalue weighted by Gasteiger charge is 2.22. The average molecular weight is 439 g/mol. The van der Waals surface area contributed by atoms with Crippen molar-refractivity contribution in [2.24, 2.45) is 0 Å². The lowest BCUT2D eigenvalue weighted by Crippen LogP contribution is -2.40. The summed E-state index contributed by atoms with van der Waals surface area (Å²) in [6.07, 6.45) is 1.64. The monoisotopic (exact) mass is 439 g/mol. The molecule has 31 heavy (non-hydrogen) atoms. The van der Waals surface area contributed by atoms with Gasteiger partial charge in [0.2, 0.25) is 5.91 Å². The van der Waals surface area contributed by atoms with Crippen LogP contribution in [0.3, 0.4) is 0 Å². The fraction of sp³-hybridized carbons (Fsp3) is 0.360. The molecule has 2 aromatic carbocycles. The zero-order valence-corrected chi connectivity index (χ0v) is 19.8. The molecule has 4 rings (SSSR count). The molecule has 0 bridgehead atoms. The predicted molar refractivity (Wildman–Crippen MR) is 129 cm³/mol. The number of likely N-dealkylation sites (tertiary alicyclic amines) is 1. The van der Waals surface area contributed by atoms with Crippen molar-refractivity contribution in [1.82, 2.24) is 4.90 Å². The minimum atomic E-state index is -0.381. The number of piperidine rings is 1. The molecule has 0 saturated carbocycles. The third kappa shape index (κ3) is 5.34. The smallest absolute Gasteiger partial charge is 0.336 e. The first-order chi connectivity index (χ1) is 14.9. The summed E-state index contributed by atoms with van der Waals surface area (Å²) < 4.78 is 11.6.